The summed E-state index contributed by atoms with van der Waals surface area (Å²) in [6.45, 7) is 3.67. The summed E-state index contributed by atoms with van der Waals surface area (Å²) in [4.78, 5) is 0. The maximum atomic E-state index is 9.00. The SMILES string of the molecule is C=C(N)[C@H]1CC=C(O)CC1. The van der Waals surface area contributed by atoms with Gasteiger partial charge in [0.15, 0.2) is 0 Å². The van der Waals surface area contributed by atoms with Crippen LogP contribution in [0.5, 0.6) is 0 Å². The molecule has 1 rings (SSSR count). The Morgan fingerprint density at radius 3 is 2.90 bits per heavy atom. The van der Waals surface area contributed by atoms with E-state index in [0.717, 1.165) is 25.0 Å². The minimum absolute atomic E-state index is 0.385. The third kappa shape index (κ3) is 1.53. The molecule has 0 saturated carbocycles. The lowest BCUT2D eigenvalue weighted by Crippen LogP contribution is -2.13. The third-order valence-electron chi connectivity index (χ3n) is 1.91. The summed E-state index contributed by atoms with van der Waals surface area (Å²) < 4.78 is 0. The van der Waals surface area contributed by atoms with Crippen molar-refractivity contribution in [2.24, 2.45) is 11.7 Å². The second kappa shape index (κ2) is 2.78. The molecule has 0 aromatic carbocycles. The first-order valence-corrected chi connectivity index (χ1v) is 3.52. The van der Waals surface area contributed by atoms with Crippen molar-refractivity contribution in [1.29, 1.82) is 0 Å². The molecule has 1 atom stereocenters. The molecule has 2 nitrogen and oxygen atoms in total. The number of hydrogen-bond donors (Lipinski definition) is 2. The lowest BCUT2D eigenvalue weighted by Gasteiger charge is -2.18. The third-order valence-corrected chi connectivity index (χ3v) is 1.91. The van der Waals surface area contributed by atoms with Crippen molar-refractivity contribution in [3.8, 4) is 0 Å². The molecule has 0 fully saturated rings. The first-order valence-electron chi connectivity index (χ1n) is 3.52. The summed E-state index contributed by atoms with van der Waals surface area (Å²) in [6.07, 6.45) is 4.37. The monoisotopic (exact) mass is 139 g/mol. The van der Waals surface area contributed by atoms with Gasteiger partial charge in [-0.2, -0.15) is 0 Å². The fourth-order valence-corrected chi connectivity index (χ4v) is 1.16. The van der Waals surface area contributed by atoms with Gasteiger partial charge in [0, 0.05) is 18.0 Å². The first-order chi connectivity index (χ1) is 4.70. The number of nitrogens with two attached hydrogens (primary N) is 1. The fourth-order valence-electron chi connectivity index (χ4n) is 1.16. The Morgan fingerprint density at radius 2 is 2.50 bits per heavy atom. The van der Waals surface area contributed by atoms with E-state index in [0.29, 0.717) is 11.7 Å². The summed E-state index contributed by atoms with van der Waals surface area (Å²) in [6, 6.07) is 0. The highest BCUT2D eigenvalue weighted by molar-refractivity contribution is 5.06. The van der Waals surface area contributed by atoms with Gasteiger partial charge < -0.3 is 10.8 Å². The number of rotatable bonds is 1. The standard InChI is InChI=1S/C8H13NO/c1-6(9)7-2-4-8(10)5-3-7/h4,7,10H,1-3,5,9H2/t7-/m0/s1. The van der Waals surface area contributed by atoms with E-state index in [1.807, 2.05) is 6.08 Å². The van der Waals surface area contributed by atoms with Crippen LogP contribution in [0.25, 0.3) is 0 Å². The van der Waals surface area contributed by atoms with E-state index in [1.165, 1.54) is 0 Å². The Labute approximate surface area is 61.0 Å². The summed E-state index contributed by atoms with van der Waals surface area (Å²) >= 11 is 0. The summed E-state index contributed by atoms with van der Waals surface area (Å²) in [5, 5.41) is 9.00. The molecule has 0 heterocycles. The molecule has 0 unspecified atom stereocenters. The van der Waals surface area contributed by atoms with Gasteiger partial charge in [-0.05, 0) is 18.9 Å². The molecule has 56 valence electrons. The molecule has 2 heteroatoms. The van der Waals surface area contributed by atoms with Crippen molar-refractivity contribution in [3.63, 3.8) is 0 Å². The van der Waals surface area contributed by atoms with E-state index in [9.17, 15) is 0 Å². The largest absolute Gasteiger partial charge is 0.513 e. The van der Waals surface area contributed by atoms with Gasteiger partial charge in [-0.25, -0.2) is 0 Å². The van der Waals surface area contributed by atoms with Crippen LogP contribution in [0, 0.1) is 5.92 Å². The van der Waals surface area contributed by atoms with Crippen molar-refractivity contribution in [3.05, 3.63) is 24.1 Å². The van der Waals surface area contributed by atoms with Crippen molar-refractivity contribution in [1.82, 2.24) is 0 Å². The zero-order valence-corrected chi connectivity index (χ0v) is 6.01. The molecule has 3 N–H and O–H groups in total. The molecular formula is C8H13NO. The Morgan fingerprint density at radius 1 is 1.80 bits per heavy atom. The van der Waals surface area contributed by atoms with Crippen LogP contribution < -0.4 is 5.73 Å². The van der Waals surface area contributed by atoms with Gasteiger partial charge >= 0.3 is 0 Å². The molecule has 0 aliphatic heterocycles. The molecule has 0 amide bonds. The predicted octanol–water partition coefficient (Wildman–Crippen LogP) is 1.70. The summed E-state index contributed by atoms with van der Waals surface area (Å²) in [5.41, 5.74) is 6.25. The average Bonchev–Trinajstić information content (AvgIpc) is 1.88. The van der Waals surface area contributed by atoms with E-state index in [1.54, 1.807) is 0 Å². The van der Waals surface area contributed by atoms with E-state index < -0.39 is 0 Å². The quantitative estimate of drug-likeness (QED) is 0.580. The Hall–Kier alpha value is -0.920. The number of aliphatic hydroxyl groups is 1. The van der Waals surface area contributed by atoms with Crippen molar-refractivity contribution in [2.45, 2.75) is 19.3 Å². The Bertz CT molecular complexity index is 172. The van der Waals surface area contributed by atoms with Crippen LogP contribution in [0.1, 0.15) is 19.3 Å². The second-order valence-electron chi connectivity index (χ2n) is 2.74. The molecule has 0 aromatic heterocycles. The first kappa shape index (κ1) is 7.19. The lowest BCUT2D eigenvalue weighted by atomic mass is 9.91. The van der Waals surface area contributed by atoms with Crippen LogP contribution in [0.3, 0.4) is 0 Å². The normalized spacial score (nSPS) is 25.6. The van der Waals surface area contributed by atoms with Gasteiger partial charge in [0.05, 0.1) is 5.76 Å². The van der Waals surface area contributed by atoms with Crippen LogP contribution in [0.2, 0.25) is 0 Å². The zero-order chi connectivity index (χ0) is 7.56. The molecule has 1 aliphatic carbocycles. The highest BCUT2D eigenvalue weighted by atomic mass is 16.3. The van der Waals surface area contributed by atoms with Gasteiger partial charge in [0.1, 0.15) is 0 Å². The number of hydrogen-bond acceptors (Lipinski definition) is 2. The summed E-state index contributed by atoms with van der Waals surface area (Å²) in [7, 11) is 0. The van der Waals surface area contributed by atoms with Crippen LogP contribution in [-0.2, 0) is 0 Å². The maximum Gasteiger partial charge on any atom is 0.0883 e. The second-order valence-corrected chi connectivity index (χ2v) is 2.74. The molecule has 0 aromatic rings. The fraction of sp³-hybridized carbons (Fsp3) is 0.500. The van der Waals surface area contributed by atoms with Crippen molar-refractivity contribution in [2.75, 3.05) is 0 Å². The van der Waals surface area contributed by atoms with Crippen LogP contribution in [0.4, 0.5) is 0 Å². The molecule has 0 spiro atoms. The maximum absolute atomic E-state index is 9.00. The minimum Gasteiger partial charge on any atom is -0.513 e. The van der Waals surface area contributed by atoms with Crippen LogP contribution in [-0.4, -0.2) is 5.11 Å². The number of aliphatic hydroxyl groups excluding tert-OH is 1. The Balaban J connectivity index is 2.50. The minimum atomic E-state index is 0.385. The van der Waals surface area contributed by atoms with Crippen LogP contribution in [0.15, 0.2) is 24.1 Å². The molecule has 10 heavy (non-hydrogen) atoms. The highest BCUT2D eigenvalue weighted by Crippen LogP contribution is 2.24. The van der Waals surface area contributed by atoms with E-state index in [-0.39, 0.29) is 0 Å². The average molecular weight is 139 g/mol. The van der Waals surface area contributed by atoms with Crippen LogP contribution >= 0.6 is 0 Å². The van der Waals surface area contributed by atoms with E-state index in [2.05, 4.69) is 6.58 Å². The Kier molecular flexibility index (Phi) is 2.00. The van der Waals surface area contributed by atoms with Gasteiger partial charge in [0.2, 0.25) is 0 Å². The smallest absolute Gasteiger partial charge is 0.0883 e. The molecule has 1 aliphatic rings. The van der Waals surface area contributed by atoms with Gasteiger partial charge in [0.25, 0.3) is 0 Å². The molecular weight excluding hydrogens is 126 g/mol. The molecule has 0 saturated heterocycles. The highest BCUT2D eigenvalue weighted by Gasteiger charge is 2.14. The topological polar surface area (TPSA) is 46.2 Å². The van der Waals surface area contributed by atoms with Gasteiger partial charge in [-0.15, -0.1) is 0 Å². The zero-order valence-electron chi connectivity index (χ0n) is 6.01. The predicted molar refractivity (Wildman–Crippen MR) is 41.4 cm³/mol. The summed E-state index contributed by atoms with van der Waals surface area (Å²) in [5.74, 6) is 0.883. The van der Waals surface area contributed by atoms with E-state index in [4.69, 9.17) is 10.8 Å². The molecule has 0 radical (unpaired) electrons. The van der Waals surface area contributed by atoms with E-state index >= 15 is 0 Å². The lowest BCUT2D eigenvalue weighted by molar-refractivity contribution is 0.349. The molecule has 0 bridgehead atoms. The van der Waals surface area contributed by atoms with Crippen molar-refractivity contribution < 1.29 is 5.11 Å². The van der Waals surface area contributed by atoms with Gasteiger partial charge in [-0.1, -0.05) is 6.58 Å². The number of allylic oxidation sites excluding steroid dienone is 3. The van der Waals surface area contributed by atoms with Crippen molar-refractivity contribution >= 4 is 0 Å². The van der Waals surface area contributed by atoms with Gasteiger partial charge in [-0.3, -0.25) is 0 Å².